The Morgan fingerprint density at radius 2 is 2.08 bits per heavy atom. The summed E-state index contributed by atoms with van der Waals surface area (Å²) in [4.78, 5) is 11.5. The van der Waals surface area contributed by atoms with E-state index in [4.69, 9.17) is 17.0 Å². The van der Waals surface area contributed by atoms with Crippen LogP contribution >= 0.6 is 11.8 Å². The number of nitrogens with one attached hydrogen (secondary N) is 1. The van der Waals surface area contributed by atoms with Crippen LogP contribution in [0.3, 0.4) is 0 Å². The number of carbonyl (C=O) groups excluding carboxylic acids is 1. The molecule has 126 valence electrons. The fraction of sp³-hybridized carbons (Fsp3) is 0.312. The van der Waals surface area contributed by atoms with Crippen molar-refractivity contribution in [3.8, 4) is 18.1 Å². The third-order valence-electron chi connectivity index (χ3n) is 3.02. The highest BCUT2D eigenvalue weighted by Crippen LogP contribution is 2.18. The molecule has 2 rings (SSSR count). The van der Waals surface area contributed by atoms with Gasteiger partial charge in [0.1, 0.15) is 12.4 Å². The van der Waals surface area contributed by atoms with Gasteiger partial charge in [-0.25, -0.2) is 4.68 Å². The first-order chi connectivity index (χ1) is 11.5. The van der Waals surface area contributed by atoms with Crippen LogP contribution in [0.25, 0.3) is 0 Å². The molecule has 0 aliphatic heterocycles. The Balaban J connectivity index is 1.92. The first-order valence-corrected chi connectivity index (χ1v) is 8.21. The molecule has 3 N–H and O–H groups in total. The minimum Gasteiger partial charge on any atom is -0.486 e. The lowest BCUT2D eigenvalue weighted by molar-refractivity contribution is -0.118. The molecule has 0 unspecified atom stereocenters. The number of nitrogen functional groups attached to an aromatic ring is 1. The number of hydrogen-bond donors (Lipinski definition) is 2. The van der Waals surface area contributed by atoms with Gasteiger partial charge in [0.05, 0.1) is 12.3 Å². The average Bonchev–Trinajstić information content (AvgIpc) is 2.88. The van der Waals surface area contributed by atoms with E-state index in [1.54, 1.807) is 0 Å². The van der Waals surface area contributed by atoms with Crippen molar-refractivity contribution in [3.05, 3.63) is 35.2 Å². The molecule has 0 saturated heterocycles. The second kappa shape index (κ2) is 8.26. The van der Waals surface area contributed by atoms with Gasteiger partial charge in [0.25, 0.3) is 0 Å². The topological polar surface area (TPSA) is 95.1 Å². The second-order valence-electron chi connectivity index (χ2n) is 5.15. The summed E-state index contributed by atoms with van der Waals surface area (Å²) >= 11 is 1.18. The van der Waals surface area contributed by atoms with Crippen molar-refractivity contribution in [1.29, 1.82) is 0 Å². The SMILES string of the molecule is C#CCNC(=O)CSc1nnc(COc2cc(C)cc(C)c2)n1N. The van der Waals surface area contributed by atoms with E-state index in [2.05, 4.69) is 27.5 Å². The summed E-state index contributed by atoms with van der Waals surface area (Å²) in [6.07, 6.45) is 5.08. The molecule has 7 nitrogen and oxygen atoms in total. The monoisotopic (exact) mass is 345 g/mol. The number of benzene rings is 1. The molecule has 0 radical (unpaired) electrons. The molecule has 0 atom stereocenters. The number of carbonyl (C=O) groups is 1. The van der Waals surface area contributed by atoms with Crippen molar-refractivity contribution in [1.82, 2.24) is 20.2 Å². The minimum atomic E-state index is -0.186. The Kier molecular flexibility index (Phi) is 6.09. The molecule has 0 aliphatic rings. The van der Waals surface area contributed by atoms with Gasteiger partial charge in [-0.2, -0.15) is 0 Å². The van der Waals surface area contributed by atoms with Gasteiger partial charge < -0.3 is 15.9 Å². The number of ether oxygens (including phenoxy) is 1. The first kappa shape index (κ1) is 17.7. The Bertz CT molecular complexity index is 746. The van der Waals surface area contributed by atoms with Crippen LogP contribution in [0.2, 0.25) is 0 Å². The van der Waals surface area contributed by atoms with Crippen LogP contribution in [0.15, 0.2) is 23.4 Å². The lowest BCUT2D eigenvalue weighted by Crippen LogP contribution is -2.25. The molecule has 24 heavy (non-hydrogen) atoms. The van der Waals surface area contributed by atoms with Gasteiger partial charge >= 0.3 is 0 Å². The molecular weight excluding hydrogens is 326 g/mol. The maximum absolute atomic E-state index is 11.5. The normalized spacial score (nSPS) is 10.2. The van der Waals surface area contributed by atoms with Crippen LogP contribution in [0.4, 0.5) is 0 Å². The number of hydrogen-bond acceptors (Lipinski definition) is 6. The number of thioether (sulfide) groups is 1. The van der Waals surface area contributed by atoms with E-state index in [-0.39, 0.29) is 24.8 Å². The quantitative estimate of drug-likeness (QED) is 0.442. The minimum absolute atomic E-state index is 0.162. The third-order valence-corrected chi connectivity index (χ3v) is 3.96. The maximum atomic E-state index is 11.5. The van der Waals surface area contributed by atoms with Crippen LogP contribution in [-0.2, 0) is 11.4 Å². The van der Waals surface area contributed by atoms with Crippen molar-refractivity contribution >= 4 is 17.7 Å². The molecule has 2 aromatic rings. The van der Waals surface area contributed by atoms with E-state index in [0.717, 1.165) is 16.9 Å². The summed E-state index contributed by atoms with van der Waals surface area (Å²) in [5.74, 6) is 9.47. The van der Waals surface area contributed by atoms with Crippen LogP contribution in [0.1, 0.15) is 17.0 Å². The number of amides is 1. The number of nitrogens with zero attached hydrogens (tertiary/aromatic N) is 3. The summed E-state index contributed by atoms with van der Waals surface area (Å²) in [6, 6.07) is 5.95. The summed E-state index contributed by atoms with van der Waals surface area (Å²) in [5, 5.41) is 11.0. The molecule has 1 aromatic heterocycles. The Labute approximate surface area is 144 Å². The lowest BCUT2D eigenvalue weighted by atomic mass is 10.1. The zero-order valence-corrected chi connectivity index (χ0v) is 14.4. The van der Waals surface area contributed by atoms with Crippen LogP contribution in [-0.4, -0.2) is 33.1 Å². The van der Waals surface area contributed by atoms with Gasteiger partial charge in [-0.05, 0) is 37.1 Å². The van der Waals surface area contributed by atoms with Crippen molar-refractivity contribution in [2.75, 3.05) is 18.1 Å². The van der Waals surface area contributed by atoms with Crippen LogP contribution < -0.4 is 15.9 Å². The van der Waals surface area contributed by atoms with Crippen molar-refractivity contribution in [3.63, 3.8) is 0 Å². The molecule has 0 fully saturated rings. The van der Waals surface area contributed by atoms with Crippen molar-refractivity contribution in [2.24, 2.45) is 0 Å². The highest BCUT2D eigenvalue weighted by Gasteiger charge is 2.12. The first-order valence-electron chi connectivity index (χ1n) is 7.23. The van der Waals surface area contributed by atoms with Crippen molar-refractivity contribution < 1.29 is 9.53 Å². The smallest absolute Gasteiger partial charge is 0.231 e. The molecule has 0 bridgehead atoms. The van der Waals surface area contributed by atoms with E-state index in [1.165, 1.54) is 16.4 Å². The summed E-state index contributed by atoms with van der Waals surface area (Å²) in [5.41, 5.74) is 2.24. The number of terminal acetylenes is 1. The number of rotatable bonds is 7. The fourth-order valence-electron chi connectivity index (χ4n) is 2.00. The van der Waals surface area contributed by atoms with E-state index in [1.807, 2.05) is 26.0 Å². The predicted molar refractivity (Wildman–Crippen MR) is 93.0 cm³/mol. The molecule has 0 aliphatic carbocycles. The fourth-order valence-corrected chi connectivity index (χ4v) is 2.70. The molecule has 1 amide bonds. The van der Waals surface area contributed by atoms with E-state index >= 15 is 0 Å². The van der Waals surface area contributed by atoms with E-state index < -0.39 is 0 Å². The summed E-state index contributed by atoms with van der Waals surface area (Å²) in [6.45, 7) is 4.40. The van der Waals surface area contributed by atoms with E-state index in [9.17, 15) is 4.79 Å². The predicted octanol–water partition coefficient (Wildman–Crippen LogP) is 1.03. The largest absolute Gasteiger partial charge is 0.486 e. The Morgan fingerprint density at radius 1 is 1.38 bits per heavy atom. The highest BCUT2D eigenvalue weighted by molar-refractivity contribution is 7.99. The van der Waals surface area contributed by atoms with Gasteiger partial charge in [0, 0.05) is 0 Å². The van der Waals surface area contributed by atoms with Crippen LogP contribution in [0, 0.1) is 26.2 Å². The number of aryl methyl sites for hydroxylation is 2. The van der Waals surface area contributed by atoms with Gasteiger partial charge in [-0.3, -0.25) is 4.79 Å². The molecule has 0 saturated carbocycles. The highest BCUT2D eigenvalue weighted by atomic mass is 32.2. The zero-order valence-electron chi connectivity index (χ0n) is 13.6. The van der Waals surface area contributed by atoms with Gasteiger partial charge in [-0.1, -0.05) is 23.7 Å². The lowest BCUT2D eigenvalue weighted by Gasteiger charge is -2.08. The molecule has 1 aromatic carbocycles. The molecule has 8 heteroatoms. The number of nitrogens with two attached hydrogens (primary N) is 1. The Hall–Kier alpha value is -2.66. The molecular formula is C16H19N5O2S. The third kappa shape index (κ3) is 4.93. The zero-order chi connectivity index (χ0) is 17.5. The summed E-state index contributed by atoms with van der Waals surface area (Å²) < 4.78 is 7.03. The van der Waals surface area contributed by atoms with Gasteiger partial charge in [0.15, 0.2) is 5.82 Å². The Morgan fingerprint density at radius 3 is 2.75 bits per heavy atom. The van der Waals surface area contributed by atoms with Crippen molar-refractivity contribution in [2.45, 2.75) is 25.6 Å². The maximum Gasteiger partial charge on any atom is 0.231 e. The van der Waals surface area contributed by atoms with Gasteiger partial charge in [-0.15, -0.1) is 16.6 Å². The summed E-state index contributed by atoms with van der Waals surface area (Å²) in [7, 11) is 0. The standard InChI is InChI=1S/C16H19N5O2S/c1-4-5-18-15(22)10-24-16-20-19-14(21(16)17)9-23-13-7-11(2)6-12(3)8-13/h1,6-8H,5,9-10,17H2,2-3H3,(H,18,22). The number of aromatic nitrogens is 3. The second-order valence-corrected chi connectivity index (χ2v) is 6.09. The average molecular weight is 345 g/mol. The molecule has 1 heterocycles. The van der Waals surface area contributed by atoms with Gasteiger partial charge in [0.2, 0.25) is 11.1 Å². The van der Waals surface area contributed by atoms with E-state index in [0.29, 0.717) is 11.0 Å². The molecule has 0 spiro atoms. The van der Waals surface area contributed by atoms with Crippen LogP contribution in [0.5, 0.6) is 5.75 Å².